The maximum Gasteiger partial charge on any atom is 0.191 e. The first-order valence-corrected chi connectivity index (χ1v) is 8.45. The van der Waals surface area contributed by atoms with Gasteiger partial charge in [-0.3, -0.25) is 0 Å². The number of rotatable bonds is 11. The van der Waals surface area contributed by atoms with Gasteiger partial charge in [-0.2, -0.15) is 0 Å². The van der Waals surface area contributed by atoms with Crippen molar-refractivity contribution in [2.45, 2.75) is 25.9 Å². The second kappa shape index (κ2) is 13.4. The van der Waals surface area contributed by atoms with E-state index in [1.807, 2.05) is 6.92 Å². The third kappa shape index (κ3) is 10.0. The van der Waals surface area contributed by atoms with Crippen LogP contribution >= 0.6 is 24.0 Å². The number of nitrogens with zero attached hydrogens (tertiary/aromatic N) is 2. The number of aliphatic imine (C=N–C) groups is 1. The van der Waals surface area contributed by atoms with Gasteiger partial charge in [-0.1, -0.05) is 0 Å². The van der Waals surface area contributed by atoms with E-state index >= 15 is 0 Å². The van der Waals surface area contributed by atoms with E-state index < -0.39 is 5.60 Å². The fourth-order valence-corrected chi connectivity index (χ4v) is 2.15. The molecule has 0 fully saturated rings. The third-order valence-corrected chi connectivity index (χ3v) is 3.63. The van der Waals surface area contributed by atoms with Crippen molar-refractivity contribution in [3.8, 4) is 0 Å². The number of methoxy groups -OCH3 is 1. The highest BCUT2D eigenvalue weighted by Gasteiger charge is 2.25. The lowest BCUT2D eigenvalue weighted by atomic mass is 10.0. The van der Waals surface area contributed by atoms with Crippen LogP contribution in [0, 0.1) is 0 Å². The van der Waals surface area contributed by atoms with Crippen molar-refractivity contribution in [3.63, 3.8) is 0 Å². The van der Waals surface area contributed by atoms with E-state index in [9.17, 15) is 5.11 Å². The lowest BCUT2D eigenvalue weighted by Gasteiger charge is -2.20. The first kappa shape index (κ1) is 24.2. The van der Waals surface area contributed by atoms with E-state index in [1.54, 1.807) is 32.4 Å². The second-order valence-corrected chi connectivity index (χ2v) is 6.02. The van der Waals surface area contributed by atoms with Gasteiger partial charge in [0.15, 0.2) is 5.96 Å². The molecule has 1 atom stereocenters. The SMILES string of the molecule is CCNC(=NCC(C)(O)c1ccco1)NCCCN(C)CCOC.I. The third-order valence-electron chi connectivity index (χ3n) is 3.63. The molecule has 0 aliphatic carbocycles. The Morgan fingerprint density at radius 2 is 2.16 bits per heavy atom. The monoisotopic (exact) mass is 468 g/mol. The number of aliphatic hydroxyl groups is 1. The van der Waals surface area contributed by atoms with Gasteiger partial charge in [-0.15, -0.1) is 24.0 Å². The standard InChI is InChI=1S/C17H32N4O3.HI/c1-5-18-16(19-9-7-10-21(3)11-13-23-4)20-14-17(2,22)15-8-6-12-24-15;/h6,8,12,22H,5,7,9-11,13-14H2,1-4H3,(H2,18,19,20);1H. The van der Waals surface area contributed by atoms with E-state index in [0.29, 0.717) is 11.7 Å². The summed E-state index contributed by atoms with van der Waals surface area (Å²) in [6.45, 7) is 8.18. The van der Waals surface area contributed by atoms with Gasteiger partial charge in [0.25, 0.3) is 0 Å². The Bertz CT molecular complexity index is 466. The van der Waals surface area contributed by atoms with Crippen LogP contribution in [0.3, 0.4) is 0 Å². The lowest BCUT2D eigenvalue weighted by molar-refractivity contribution is 0.0437. The molecule has 0 spiro atoms. The molecule has 25 heavy (non-hydrogen) atoms. The van der Waals surface area contributed by atoms with Crippen LogP contribution in [0.4, 0.5) is 0 Å². The van der Waals surface area contributed by atoms with Crippen LogP contribution in [0.5, 0.6) is 0 Å². The van der Waals surface area contributed by atoms with Gasteiger partial charge in [0.2, 0.25) is 0 Å². The van der Waals surface area contributed by atoms with Crippen molar-refractivity contribution < 1.29 is 14.3 Å². The first-order chi connectivity index (χ1) is 11.5. The molecule has 1 aromatic rings. The minimum Gasteiger partial charge on any atom is -0.466 e. The highest BCUT2D eigenvalue weighted by Crippen LogP contribution is 2.20. The van der Waals surface area contributed by atoms with Crippen molar-refractivity contribution >= 4 is 29.9 Å². The number of nitrogens with one attached hydrogen (secondary N) is 2. The molecular weight excluding hydrogens is 435 g/mol. The van der Waals surface area contributed by atoms with E-state index in [2.05, 4.69) is 27.6 Å². The van der Waals surface area contributed by atoms with E-state index in [4.69, 9.17) is 9.15 Å². The highest BCUT2D eigenvalue weighted by atomic mass is 127. The topological polar surface area (TPSA) is 82.3 Å². The lowest BCUT2D eigenvalue weighted by Crippen LogP contribution is -2.40. The van der Waals surface area contributed by atoms with Crippen LogP contribution < -0.4 is 10.6 Å². The minimum atomic E-state index is -1.12. The summed E-state index contributed by atoms with van der Waals surface area (Å²) in [7, 11) is 3.80. The Hall–Kier alpha value is -0.840. The van der Waals surface area contributed by atoms with Crippen LogP contribution in [0.25, 0.3) is 0 Å². The van der Waals surface area contributed by atoms with Gasteiger partial charge >= 0.3 is 0 Å². The van der Waals surface area contributed by atoms with Gasteiger partial charge in [-0.25, -0.2) is 4.99 Å². The normalized spacial score (nSPS) is 14.1. The molecule has 146 valence electrons. The van der Waals surface area contributed by atoms with Gasteiger partial charge < -0.3 is 29.8 Å². The number of hydrogen-bond acceptors (Lipinski definition) is 5. The van der Waals surface area contributed by atoms with Crippen molar-refractivity contribution in [1.82, 2.24) is 15.5 Å². The quantitative estimate of drug-likeness (QED) is 0.198. The molecular formula is C17H33IN4O3. The average Bonchev–Trinajstić information content (AvgIpc) is 3.10. The summed E-state index contributed by atoms with van der Waals surface area (Å²) in [5.74, 6) is 1.21. The molecule has 1 unspecified atom stereocenters. The van der Waals surface area contributed by atoms with Gasteiger partial charge in [0, 0.05) is 26.7 Å². The predicted octanol–water partition coefficient (Wildman–Crippen LogP) is 1.63. The Morgan fingerprint density at radius 3 is 2.76 bits per heavy atom. The van der Waals surface area contributed by atoms with Gasteiger partial charge in [0.05, 0.1) is 19.4 Å². The Labute approximate surface area is 168 Å². The molecule has 1 rings (SSSR count). The zero-order valence-electron chi connectivity index (χ0n) is 15.7. The summed E-state index contributed by atoms with van der Waals surface area (Å²) in [5.41, 5.74) is -1.12. The summed E-state index contributed by atoms with van der Waals surface area (Å²) < 4.78 is 10.3. The molecule has 0 aromatic carbocycles. The molecule has 0 saturated heterocycles. The molecule has 3 N–H and O–H groups in total. The second-order valence-electron chi connectivity index (χ2n) is 6.02. The van der Waals surface area contributed by atoms with Gasteiger partial charge in [0.1, 0.15) is 11.4 Å². The summed E-state index contributed by atoms with van der Waals surface area (Å²) in [4.78, 5) is 6.69. The van der Waals surface area contributed by atoms with E-state index in [0.717, 1.165) is 39.2 Å². The van der Waals surface area contributed by atoms with Crippen LogP contribution in [-0.2, 0) is 10.3 Å². The maximum absolute atomic E-state index is 10.4. The largest absolute Gasteiger partial charge is 0.466 e. The van der Waals surface area contributed by atoms with Crippen molar-refractivity contribution in [1.29, 1.82) is 0 Å². The average molecular weight is 468 g/mol. The molecule has 0 aliphatic heterocycles. The number of ether oxygens (including phenoxy) is 1. The van der Waals surface area contributed by atoms with Gasteiger partial charge in [-0.05, 0) is 46.0 Å². The highest BCUT2D eigenvalue weighted by molar-refractivity contribution is 14.0. The summed E-state index contributed by atoms with van der Waals surface area (Å²) in [5, 5.41) is 16.9. The molecule has 0 saturated carbocycles. The smallest absolute Gasteiger partial charge is 0.191 e. The van der Waals surface area contributed by atoms with Crippen LogP contribution in [0.2, 0.25) is 0 Å². The fourth-order valence-electron chi connectivity index (χ4n) is 2.15. The zero-order chi connectivity index (χ0) is 17.8. The molecule has 1 aromatic heterocycles. The number of likely N-dealkylation sites (N-methyl/N-ethyl adjacent to an activating group) is 1. The molecule has 0 radical (unpaired) electrons. The first-order valence-electron chi connectivity index (χ1n) is 8.45. The number of guanidine groups is 1. The predicted molar refractivity (Wildman–Crippen MR) is 112 cm³/mol. The van der Waals surface area contributed by atoms with Crippen LogP contribution in [0.15, 0.2) is 27.8 Å². The Morgan fingerprint density at radius 1 is 1.40 bits per heavy atom. The number of hydrogen-bond donors (Lipinski definition) is 3. The fraction of sp³-hybridized carbons (Fsp3) is 0.706. The molecule has 1 heterocycles. The van der Waals surface area contributed by atoms with Crippen molar-refractivity contribution in [2.75, 3.05) is 53.5 Å². The summed E-state index contributed by atoms with van der Waals surface area (Å²) in [6.07, 6.45) is 2.55. The Kier molecular flexibility index (Phi) is 12.9. The molecule has 0 amide bonds. The number of furan rings is 1. The molecule has 0 aliphatic rings. The maximum atomic E-state index is 10.4. The van der Waals surface area contributed by atoms with Crippen molar-refractivity contribution in [2.24, 2.45) is 4.99 Å². The molecule has 8 heteroatoms. The molecule has 0 bridgehead atoms. The number of halogens is 1. The summed E-state index contributed by atoms with van der Waals surface area (Å²) >= 11 is 0. The van der Waals surface area contributed by atoms with Crippen molar-refractivity contribution in [3.05, 3.63) is 24.2 Å². The molecule has 7 nitrogen and oxygen atoms in total. The van der Waals surface area contributed by atoms with E-state index in [-0.39, 0.29) is 30.5 Å². The van der Waals surface area contributed by atoms with Crippen LogP contribution in [-0.4, -0.2) is 69.5 Å². The Balaban J connectivity index is 0.00000576. The summed E-state index contributed by atoms with van der Waals surface area (Å²) in [6, 6.07) is 3.52. The zero-order valence-corrected chi connectivity index (χ0v) is 18.1. The van der Waals surface area contributed by atoms with E-state index in [1.165, 1.54) is 0 Å². The van der Waals surface area contributed by atoms with Crippen LogP contribution in [0.1, 0.15) is 26.0 Å². The minimum absolute atomic E-state index is 0.